The van der Waals surface area contributed by atoms with Gasteiger partial charge in [-0.2, -0.15) is 0 Å². The number of rotatable bonds is 3. The Labute approximate surface area is 152 Å². The lowest BCUT2D eigenvalue weighted by Gasteiger charge is -2.29. The molecule has 6 nitrogen and oxygen atoms in total. The minimum Gasteiger partial charge on any atom is -0.490 e. The SMILES string of the molecule is CC1CCCCC1Oc1ccc2c(c1)CN(C1CCC(=O)NC1=O)C2=O. The summed E-state index contributed by atoms with van der Waals surface area (Å²) in [4.78, 5) is 37.7. The zero-order valence-electron chi connectivity index (χ0n) is 15.0. The molecule has 2 fully saturated rings. The van der Waals surface area contributed by atoms with Crippen molar-refractivity contribution in [3.63, 3.8) is 0 Å². The zero-order valence-corrected chi connectivity index (χ0v) is 15.0. The molecule has 3 aliphatic rings. The van der Waals surface area contributed by atoms with E-state index < -0.39 is 6.04 Å². The van der Waals surface area contributed by atoms with Gasteiger partial charge >= 0.3 is 0 Å². The molecule has 3 amide bonds. The van der Waals surface area contributed by atoms with E-state index >= 15 is 0 Å². The molecule has 0 spiro atoms. The summed E-state index contributed by atoms with van der Waals surface area (Å²) in [5.41, 5.74) is 1.51. The number of hydrogen-bond acceptors (Lipinski definition) is 4. The lowest BCUT2D eigenvalue weighted by atomic mass is 9.88. The predicted octanol–water partition coefficient (Wildman–Crippen LogP) is 2.41. The third-order valence-electron chi connectivity index (χ3n) is 5.82. The maximum Gasteiger partial charge on any atom is 0.255 e. The van der Waals surface area contributed by atoms with E-state index in [1.807, 2.05) is 12.1 Å². The highest BCUT2D eigenvalue weighted by molar-refractivity contribution is 6.05. The van der Waals surface area contributed by atoms with E-state index in [1.165, 1.54) is 19.3 Å². The zero-order chi connectivity index (χ0) is 18.3. The number of hydrogen-bond donors (Lipinski definition) is 1. The van der Waals surface area contributed by atoms with E-state index in [-0.39, 0.29) is 30.2 Å². The fraction of sp³-hybridized carbons (Fsp3) is 0.550. The summed E-state index contributed by atoms with van der Waals surface area (Å²) in [6.07, 6.45) is 5.60. The Morgan fingerprint density at radius 3 is 2.69 bits per heavy atom. The Kier molecular flexibility index (Phi) is 4.42. The first-order valence-corrected chi connectivity index (χ1v) is 9.47. The molecule has 1 aliphatic carbocycles. The van der Waals surface area contributed by atoms with Crippen LogP contribution in [0.1, 0.15) is 61.4 Å². The molecule has 1 N–H and O–H groups in total. The molecule has 6 heteroatoms. The number of nitrogens with one attached hydrogen (secondary N) is 1. The number of fused-ring (bicyclic) bond motifs is 1. The van der Waals surface area contributed by atoms with Gasteiger partial charge in [0.25, 0.3) is 5.91 Å². The first-order valence-electron chi connectivity index (χ1n) is 9.47. The Hall–Kier alpha value is -2.37. The van der Waals surface area contributed by atoms with Crippen LogP contribution in [-0.4, -0.2) is 34.8 Å². The second kappa shape index (κ2) is 6.74. The summed E-state index contributed by atoms with van der Waals surface area (Å²) in [5, 5.41) is 2.33. The Morgan fingerprint density at radius 2 is 1.92 bits per heavy atom. The van der Waals surface area contributed by atoms with Crippen LogP contribution in [0.4, 0.5) is 0 Å². The van der Waals surface area contributed by atoms with Crippen molar-refractivity contribution in [2.45, 2.75) is 64.1 Å². The van der Waals surface area contributed by atoms with Crippen LogP contribution in [0.5, 0.6) is 5.75 Å². The molecule has 1 aromatic rings. The number of amides is 3. The molecule has 4 rings (SSSR count). The van der Waals surface area contributed by atoms with E-state index in [4.69, 9.17) is 4.74 Å². The predicted molar refractivity (Wildman–Crippen MR) is 94.5 cm³/mol. The molecule has 0 bridgehead atoms. The smallest absolute Gasteiger partial charge is 0.255 e. The molecule has 26 heavy (non-hydrogen) atoms. The highest BCUT2D eigenvalue weighted by Crippen LogP contribution is 2.32. The van der Waals surface area contributed by atoms with Crippen molar-refractivity contribution >= 4 is 17.7 Å². The van der Waals surface area contributed by atoms with Gasteiger partial charge in [-0.25, -0.2) is 0 Å². The third-order valence-corrected chi connectivity index (χ3v) is 5.82. The molecular formula is C20H24N2O4. The average molecular weight is 356 g/mol. The number of benzene rings is 1. The fourth-order valence-electron chi connectivity index (χ4n) is 4.26. The fourth-order valence-corrected chi connectivity index (χ4v) is 4.26. The molecule has 2 aliphatic heterocycles. The molecule has 2 heterocycles. The molecule has 3 unspecified atom stereocenters. The van der Waals surface area contributed by atoms with Crippen molar-refractivity contribution < 1.29 is 19.1 Å². The van der Waals surface area contributed by atoms with Crippen LogP contribution in [0.15, 0.2) is 18.2 Å². The van der Waals surface area contributed by atoms with Crippen LogP contribution in [0.25, 0.3) is 0 Å². The summed E-state index contributed by atoms with van der Waals surface area (Å²) >= 11 is 0. The van der Waals surface area contributed by atoms with Gasteiger partial charge in [0.15, 0.2) is 0 Å². The van der Waals surface area contributed by atoms with Gasteiger partial charge in [-0.3, -0.25) is 19.7 Å². The van der Waals surface area contributed by atoms with Gasteiger partial charge < -0.3 is 9.64 Å². The van der Waals surface area contributed by atoms with Crippen LogP contribution in [-0.2, 0) is 16.1 Å². The normalized spacial score (nSPS) is 28.7. The molecule has 0 radical (unpaired) electrons. The first kappa shape index (κ1) is 17.1. The van der Waals surface area contributed by atoms with Crippen LogP contribution >= 0.6 is 0 Å². The van der Waals surface area contributed by atoms with E-state index in [0.717, 1.165) is 17.7 Å². The summed E-state index contributed by atoms with van der Waals surface area (Å²) in [5.74, 6) is 0.536. The van der Waals surface area contributed by atoms with Crippen molar-refractivity contribution in [3.8, 4) is 5.75 Å². The number of ether oxygens (including phenoxy) is 1. The van der Waals surface area contributed by atoms with Gasteiger partial charge in [-0.1, -0.05) is 13.3 Å². The van der Waals surface area contributed by atoms with E-state index in [0.29, 0.717) is 24.4 Å². The quantitative estimate of drug-likeness (QED) is 0.844. The second-order valence-electron chi connectivity index (χ2n) is 7.64. The Bertz CT molecular complexity index is 760. The Balaban J connectivity index is 1.49. The van der Waals surface area contributed by atoms with Crippen molar-refractivity contribution in [1.82, 2.24) is 10.2 Å². The van der Waals surface area contributed by atoms with Crippen LogP contribution in [0.3, 0.4) is 0 Å². The number of nitrogens with zero attached hydrogens (tertiary/aromatic N) is 1. The van der Waals surface area contributed by atoms with Gasteiger partial charge in [0, 0.05) is 18.5 Å². The summed E-state index contributed by atoms with van der Waals surface area (Å²) < 4.78 is 6.19. The molecule has 1 saturated carbocycles. The highest BCUT2D eigenvalue weighted by atomic mass is 16.5. The average Bonchev–Trinajstić information content (AvgIpc) is 2.93. The van der Waals surface area contributed by atoms with Crippen molar-refractivity contribution in [1.29, 1.82) is 0 Å². The first-order chi connectivity index (χ1) is 12.5. The maximum absolute atomic E-state index is 12.7. The van der Waals surface area contributed by atoms with Crippen molar-refractivity contribution in [2.75, 3.05) is 0 Å². The third kappa shape index (κ3) is 3.08. The van der Waals surface area contributed by atoms with E-state index in [2.05, 4.69) is 12.2 Å². The van der Waals surface area contributed by atoms with Gasteiger partial charge in [0.2, 0.25) is 11.8 Å². The molecule has 3 atom stereocenters. The topological polar surface area (TPSA) is 75.7 Å². The van der Waals surface area contributed by atoms with Crippen LogP contribution < -0.4 is 10.1 Å². The summed E-state index contributed by atoms with van der Waals surface area (Å²) in [6.45, 7) is 2.61. The monoisotopic (exact) mass is 356 g/mol. The lowest BCUT2D eigenvalue weighted by Crippen LogP contribution is -2.52. The molecule has 138 valence electrons. The highest BCUT2D eigenvalue weighted by Gasteiger charge is 2.39. The minimum atomic E-state index is -0.574. The van der Waals surface area contributed by atoms with E-state index in [9.17, 15) is 14.4 Å². The van der Waals surface area contributed by atoms with Gasteiger partial charge in [0.1, 0.15) is 17.9 Å². The van der Waals surface area contributed by atoms with Crippen molar-refractivity contribution in [3.05, 3.63) is 29.3 Å². The van der Waals surface area contributed by atoms with Gasteiger partial charge in [0.05, 0.1) is 0 Å². The number of carbonyl (C=O) groups is 3. The molecular weight excluding hydrogens is 332 g/mol. The Morgan fingerprint density at radius 1 is 1.12 bits per heavy atom. The van der Waals surface area contributed by atoms with E-state index in [1.54, 1.807) is 11.0 Å². The lowest BCUT2D eigenvalue weighted by molar-refractivity contribution is -0.136. The maximum atomic E-state index is 12.7. The molecule has 1 saturated heterocycles. The van der Waals surface area contributed by atoms with Crippen LogP contribution in [0.2, 0.25) is 0 Å². The van der Waals surface area contributed by atoms with Crippen LogP contribution in [0, 0.1) is 5.92 Å². The standard InChI is InChI=1S/C20H24N2O4/c1-12-4-2-3-5-17(12)26-14-6-7-15-13(10-14)11-22(20(15)25)16-8-9-18(23)21-19(16)24/h6-7,10,12,16-17H,2-5,8-9,11H2,1H3,(H,21,23,24). The molecule has 1 aromatic carbocycles. The van der Waals surface area contributed by atoms with Gasteiger partial charge in [-0.05, 0) is 55.4 Å². The number of imide groups is 1. The summed E-state index contributed by atoms with van der Waals surface area (Å²) in [7, 11) is 0. The second-order valence-corrected chi connectivity index (χ2v) is 7.64. The number of carbonyl (C=O) groups excluding carboxylic acids is 3. The largest absolute Gasteiger partial charge is 0.490 e. The minimum absolute atomic E-state index is 0.146. The van der Waals surface area contributed by atoms with Crippen molar-refractivity contribution in [2.24, 2.45) is 5.92 Å². The molecule has 0 aromatic heterocycles. The number of piperidine rings is 1. The summed E-state index contributed by atoms with van der Waals surface area (Å²) in [6, 6.07) is 5.01. The van der Waals surface area contributed by atoms with Gasteiger partial charge in [-0.15, -0.1) is 0 Å².